The molecule has 1 rings (SSSR count). The van der Waals surface area contributed by atoms with E-state index >= 15 is 0 Å². The summed E-state index contributed by atoms with van der Waals surface area (Å²) in [7, 11) is 1.28. The maximum atomic E-state index is 12.8. The van der Waals surface area contributed by atoms with Crippen molar-refractivity contribution in [2.75, 3.05) is 7.11 Å². The molecule has 0 aliphatic heterocycles. The lowest BCUT2D eigenvalue weighted by Gasteiger charge is -2.12. The fraction of sp³-hybridized carbons (Fsp3) is 0.857. The van der Waals surface area contributed by atoms with Crippen LogP contribution < -0.4 is 5.32 Å². The van der Waals surface area contributed by atoms with Crippen molar-refractivity contribution in [3.05, 3.63) is 0 Å². The molecule has 2 atom stereocenters. The van der Waals surface area contributed by atoms with Crippen molar-refractivity contribution < 1.29 is 13.9 Å². The zero-order valence-electron chi connectivity index (χ0n) is 6.47. The first kappa shape index (κ1) is 8.30. The highest BCUT2D eigenvalue weighted by Crippen LogP contribution is 2.21. The van der Waals surface area contributed by atoms with Crippen molar-refractivity contribution in [1.82, 2.24) is 5.32 Å². The second-order valence-corrected chi connectivity index (χ2v) is 2.69. The zero-order valence-corrected chi connectivity index (χ0v) is 6.47. The van der Waals surface area contributed by atoms with Gasteiger partial charge in [0.05, 0.1) is 13.2 Å². The molecular weight excluding hydrogens is 149 g/mol. The Morgan fingerprint density at radius 2 is 2.36 bits per heavy atom. The van der Waals surface area contributed by atoms with Crippen LogP contribution in [0.25, 0.3) is 0 Å². The van der Waals surface area contributed by atoms with Gasteiger partial charge in [0.2, 0.25) is 0 Å². The van der Waals surface area contributed by atoms with Crippen LogP contribution in [0.2, 0.25) is 0 Å². The van der Waals surface area contributed by atoms with E-state index in [0.29, 0.717) is 6.42 Å². The SMILES string of the molecule is COC(=O)NC1CCCC1F. The molecule has 0 aromatic rings. The maximum absolute atomic E-state index is 12.8. The van der Waals surface area contributed by atoms with Crippen LogP contribution in [-0.4, -0.2) is 25.4 Å². The molecule has 0 bridgehead atoms. The van der Waals surface area contributed by atoms with Crippen molar-refractivity contribution in [2.45, 2.75) is 31.5 Å². The molecule has 3 nitrogen and oxygen atoms in total. The highest BCUT2D eigenvalue weighted by molar-refractivity contribution is 5.67. The Kier molecular flexibility index (Phi) is 2.68. The summed E-state index contributed by atoms with van der Waals surface area (Å²) >= 11 is 0. The molecule has 0 saturated heterocycles. The van der Waals surface area contributed by atoms with Gasteiger partial charge in [0, 0.05) is 0 Å². The number of methoxy groups -OCH3 is 1. The summed E-state index contributed by atoms with van der Waals surface area (Å²) in [6, 6.07) is -0.331. The van der Waals surface area contributed by atoms with Crippen LogP contribution >= 0.6 is 0 Å². The second kappa shape index (κ2) is 3.55. The quantitative estimate of drug-likeness (QED) is 0.628. The first-order valence-corrected chi connectivity index (χ1v) is 3.72. The number of carbonyl (C=O) groups is 1. The van der Waals surface area contributed by atoms with Gasteiger partial charge >= 0.3 is 6.09 Å². The van der Waals surface area contributed by atoms with Gasteiger partial charge in [-0.25, -0.2) is 9.18 Å². The molecular formula is C7H12FNO2. The Labute approximate surface area is 64.9 Å². The molecule has 2 unspecified atom stereocenters. The third kappa shape index (κ3) is 2.06. The number of hydrogen-bond donors (Lipinski definition) is 1. The molecule has 1 saturated carbocycles. The number of nitrogens with one attached hydrogen (secondary N) is 1. The zero-order chi connectivity index (χ0) is 8.27. The molecule has 1 N–H and O–H groups in total. The van der Waals surface area contributed by atoms with Gasteiger partial charge in [0.1, 0.15) is 6.17 Å². The molecule has 1 fully saturated rings. The van der Waals surface area contributed by atoms with Crippen LogP contribution in [0.15, 0.2) is 0 Å². The van der Waals surface area contributed by atoms with Crippen LogP contribution in [0.3, 0.4) is 0 Å². The van der Waals surface area contributed by atoms with E-state index in [4.69, 9.17) is 0 Å². The Balaban J connectivity index is 2.30. The molecule has 1 aliphatic carbocycles. The van der Waals surface area contributed by atoms with E-state index in [1.54, 1.807) is 0 Å². The molecule has 1 amide bonds. The maximum Gasteiger partial charge on any atom is 0.407 e. The smallest absolute Gasteiger partial charge is 0.407 e. The van der Waals surface area contributed by atoms with E-state index in [2.05, 4.69) is 10.1 Å². The van der Waals surface area contributed by atoms with Crippen molar-refractivity contribution in [3.8, 4) is 0 Å². The number of hydrogen-bond acceptors (Lipinski definition) is 2. The van der Waals surface area contributed by atoms with E-state index in [1.165, 1.54) is 7.11 Å². The number of alkyl halides is 1. The Morgan fingerprint density at radius 1 is 1.64 bits per heavy atom. The van der Waals surface area contributed by atoms with Crippen LogP contribution in [0.4, 0.5) is 9.18 Å². The average Bonchev–Trinajstić information content (AvgIpc) is 2.37. The van der Waals surface area contributed by atoms with E-state index in [0.717, 1.165) is 12.8 Å². The van der Waals surface area contributed by atoms with Gasteiger partial charge in [-0.15, -0.1) is 0 Å². The lowest BCUT2D eigenvalue weighted by atomic mass is 10.2. The highest BCUT2D eigenvalue weighted by atomic mass is 19.1. The third-order valence-corrected chi connectivity index (χ3v) is 1.92. The highest BCUT2D eigenvalue weighted by Gasteiger charge is 2.28. The first-order chi connectivity index (χ1) is 5.24. The molecule has 0 aromatic carbocycles. The first-order valence-electron chi connectivity index (χ1n) is 3.72. The van der Waals surface area contributed by atoms with Crippen LogP contribution in [0.1, 0.15) is 19.3 Å². The van der Waals surface area contributed by atoms with Gasteiger partial charge in [0.25, 0.3) is 0 Å². The number of halogens is 1. The van der Waals surface area contributed by atoms with Gasteiger partial charge in [-0.1, -0.05) is 0 Å². The Hall–Kier alpha value is -0.800. The lowest BCUT2D eigenvalue weighted by Crippen LogP contribution is -2.38. The topological polar surface area (TPSA) is 38.3 Å². The normalized spacial score (nSPS) is 30.0. The summed E-state index contributed by atoms with van der Waals surface area (Å²) in [5.74, 6) is 0. The Morgan fingerprint density at radius 3 is 2.82 bits per heavy atom. The lowest BCUT2D eigenvalue weighted by molar-refractivity contribution is 0.159. The monoisotopic (exact) mass is 161 g/mol. The Bertz CT molecular complexity index is 151. The van der Waals surface area contributed by atoms with Gasteiger partial charge < -0.3 is 10.1 Å². The summed E-state index contributed by atoms with van der Waals surface area (Å²) in [5.41, 5.74) is 0. The van der Waals surface area contributed by atoms with Crippen molar-refractivity contribution >= 4 is 6.09 Å². The minimum atomic E-state index is -0.894. The number of ether oxygens (including phenoxy) is 1. The molecule has 0 radical (unpaired) electrons. The van der Waals surface area contributed by atoms with Gasteiger partial charge in [-0.05, 0) is 19.3 Å². The van der Waals surface area contributed by atoms with Crippen molar-refractivity contribution in [3.63, 3.8) is 0 Å². The van der Waals surface area contributed by atoms with Crippen LogP contribution in [0.5, 0.6) is 0 Å². The fourth-order valence-corrected chi connectivity index (χ4v) is 1.29. The molecule has 0 heterocycles. The third-order valence-electron chi connectivity index (χ3n) is 1.92. The molecule has 0 spiro atoms. The second-order valence-electron chi connectivity index (χ2n) is 2.69. The molecule has 0 aromatic heterocycles. The van der Waals surface area contributed by atoms with Crippen LogP contribution in [0, 0.1) is 0 Å². The summed E-state index contributed by atoms with van der Waals surface area (Å²) in [6.07, 6.45) is 0.675. The van der Waals surface area contributed by atoms with Crippen molar-refractivity contribution in [1.29, 1.82) is 0 Å². The van der Waals surface area contributed by atoms with E-state index in [9.17, 15) is 9.18 Å². The van der Waals surface area contributed by atoms with Crippen molar-refractivity contribution in [2.24, 2.45) is 0 Å². The number of amides is 1. The van der Waals surface area contributed by atoms with Gasteiger partial charge in [-0.3, -0.25) is 0 Å². The summed E-state index contributed by atoms with van der Waals surface area (Å²) < 4.78 is 17.2. The number of alkyl carbamates (subject to hydrolysis) is 1. The van der Waals surface area contributed by atoms with E-state index in [-0.39, 0.29) is 6.04 Å². The van der Waals surface area contributed by atoms with E-state index < -0.39 is 12.3 Å². The fourth-order valence-electron chi connectivity index (χ4n) is 1.29. The molecule has 1 aliphatic rings. The summed E-state index contributed by atoms with van der Waals surface area (Å²) in [4.78, 5) is 10.6. The predicted octanol–water partition coefficient (Wildman–Crippen LogP) is 1.23. The van der Waals surface area contributed by atoms with Crippen LogP contribution in [-0.2, 0) is 4.74 Å². The van der Waals surface area contributed by atoms with Gasteiger partial charge in [-0.2, -0.15) is 0 Å². The minimum absolute atomic E-state index is 0.331. The summed E-state index contributed by atoms with van der Waals surface area (Å²) in [5, 5.41) is 2.44. The largest absolute Gasteiger partial charge is 0.453 e. The predicted molar refractivity (Wildman–Crippen MR) is 38.1 cm³/mol. The minimum Gasteiger partial charge on any atom is -0.453 e. The summed E-state index contributed by atoms with van der Waals surface area (Å²) in [6.45, 7) is 0. The molecule has 11 heavy (non-hydrogen) atoms. The average molecular weight is 161 g/mol. The number of carbonyl (C=O) groups excluding carboxylic acids is 1. The molecule has 64 valence electrons. The number of rotatable bonds is 1. The standard InChI is InChI=1S/C7H12FNO2/c1-11-7(10)9-6-4-2-3-5(6)8/h5-6H,2-4H2,1H3,(H,9,10). The molecule has 4 heteroatoms. The van der Waals surface area contributed by atoms with E-state index in [1.807, 2.05) is 0 Å². The van der Waals surface area contributed by atoms with Gasteiger partial charge in [0.15, 0.2) is 0 Å².